The largest absolute Gasteiger partial charge is 0.399 e. The topological polar surface area (TPSA) is 46.3 Å². The molecule has 1 aliphatic heterocycles. The number of nitrogens with two attached hydrogens (primary N) is 1. The Labute approximate surface area is 102 Å². The molecule has 1 aliphatic carbocycles. The van der Waals surface area contributed by atoms with Gasteiger partial charge in [-0.1, -0.05) is 13.0 Å². The summed E-state index contributed by atoms with van der Waals surface area (Å²) >= 11 is 0. The van der Waals surface area contributed by atoms with Crippen molar-refractivity contribution < 1.29 is 4.79 Å². The van der Waals surface area contributed by atoms with E-state index in [9.17, 15) is 4.79 Å². The predicted molar refractivity (Wildman–Crippen MR) is 68.8 cm³/mol. The Morgan fingerprint density at radius 1 is 1.47 bits per heavy atom. The zero-order valence-corrected chi connectivity index (χ0v) is 10.1. The van der Waals surface area contributed by atoms with Crippen LogP contribution in [0.25, 0.3) is 0 Å². The normalized spacial score (nSPS) is 26.5. The predicted octanol–water partition coefficient (Wildman–Crippen LogP) is 2.20. The van der Waals surface area contributed by atoms with E-state index >= 15 is 0 Å². The minimum absolute atomic E-state index is 0.252. The Morgan fingerprint density at radius 3 is 2.94 bits per heavy atom. The van der Waals surface area contributed by atoms with Gasteiger partial charge in [-0.25, -0.2) is 0 Å². The number of rotatable bonds is 1. The van der Waals surface area contributed by atoms with E-state index in [0.29, 0.717) is 11.8 Å². The highest BCUT2D eigenvalue weighted by Crippen LogP contribution is 2.41. The molecule has 0 spiro atoms. The van der Waals surface area contributed by atoms with Crippen molar-refractivity contribution in [1.82, 2.24) is 0 Å². The number of hydrogen-bond donors (Lipinski definition) is 1. The van der Waals surface area contributed by atoms with Gasteiger partial charge in [-0.3, -0.25) is 4.79 Å². The molecule has 1 fully saturated rings. The number of benzene rings is 1. The number of aryl methyl sites for hydroxylation is 1. The first-order valence-corrected chi connectivity index (χ1v) is 6.36. The van der Waals surface area contributed by atoms with Crippen molar-refractivity contribution in [2.75, 3.05) is 17.2 Å². The monoisotopic (exact) mass is 230 g/mol. The number of anilines is 2. The maximum atomic E-state index is 12.3. The number of nitrogens with zero attached hydrogens (tertiary/aromatic N) is 1. The Morgan fingerprint density at radius 2 is 2.24 bits per heavy atom. The molecular formula is C14H18N2O. The van der Waals surface area contributed by atoms with E-state index in [4.69, 9.17) is 5.73 Å². The molecule has 2 aliphatic rings. The number of carbonyl (C=O) groups is 1. The summed E-state index contributed by atoms with van der Waals surface area (Å²) in [6.07, 6.45) is 3.16. The lowest BCUT2D eigenvalue weighted by Gasteiger charge is -2.30. The van der Waals surface area contributed by atoms with Crippen LogP contribution in [-0.2, 0) is 11.2 Å². The Balaban J connectivity index is 1.93. The van der Waals surface area contributed by atoms with Gasteiger partial charge in [-0.05, 0) is 42.9 Å². The van der Waals surface area contributed by atoms with Crippen molar-refractivity contribution in [2.45, 2.75) is 26.2 Å². The van der Waals surface area contributed by atoms with E-state index in [1.54, 1.807) is 0 Å². The highest BCUT2D eigenvalue weighted by Gasteiger charge is 2.42. The van der Waals surface area contributed by atoms with Crippen molar-refractivity contribution >= 4 is 17.3 Å². The highest BCUT2D eigenvalue weighted by atomic mass is 16.2. The second-order valence-corrected chi connectivity index (χ2v) is 5.30. The van der Waals surface area contributed by atoms with E-state index < -0.39 is 0 Å². The van der Waals surface area contributed by atoms with Gasteiger partial charge in [0.2, 0.25) is 5.91 Å². The van der Waals surface area contributed by atoms with Gasteiger partial charge in [-0.2, -0.15) is 0 Å². The molecule has 0 saturated heterocycles. The van der Waals surface area contributed by atoms with Crippen LogP contribution in [0.5, 0.6) is 0 Å². The molecule has 2 atom stereocenters. The molecule has 3 nitrogen and oxygen atoms in total. The Bertz CT molecular complexity index is 469. The standard InChI is InChI=1S/C14H18N2O/c1-9-7-12(9)14(17)16-6-2-3-10-4-5-11(15)8-13(10)16/h4-5,8-9,12H,2-3,6-7,15H2,1H3. The average Bonchev–Trinajstić information content (AvgIpc) is 3.05. The summed E-state index contributed by atoms with van der Waals surface area (Å²) in [5.74, 6) is 1.11. The highest BCUT2D eigenvalue weighted by molar-refractivity contribution is 5.98. The van der Waals surface area contributed by atoms with E-state index in [1.807, 2.05) is 17.0 Å². The van der Waals surface area contributed by atoms with Crippen LogP contribution in [0.1, 0.15) is 25.3 Å². The van der Waals surface area contributed by atoms with Gasteiger partial charge in [0, 0.05) is 23.8 Å². The summed E-state index contributed by atoms with van der Waals surface area (Å²) in [7, 11) is 0. The van der Waals surface area contributed by atoms with Crippen molar-refractivity contribution in [3.8, 4) is 0 Å². The fourth-order valence-electron chi connectivity index (χ4n) is 2.69. The minimum Gasteiger partial charge on any atom is -0.399 e. The molecule has 2 N–H and O–H groups in total. The van der Waals surface area contributed by atoms with Crippen molar-refractivity contribution in [3.05, 3.63) is 23.8 Å². The summed E-state index contributed by atoms with van der Waals surface area (Å²) in [5, 5.41) is 0. The van der Waals surface area contributed by atoms with Crippen molar-refractivity contribution in [3.63, 3.8) is 0 Å². The smallest absolute Gasteiger partial charge is 0.230 e. The number of carbonyl (C=O) groups excluding carboxylic acids is 1. The molecule has 1 heterocycles. The third-order valence-corrected chi connectivity index (χ3v) is 3.92. The second kappa shape index (κ2) is 3.76. The molecule has 1 saturated carbocycles. The van der Waals surface area contributed by atoms with Crippen LogP contribution in [0.3, 0.4) is 0 Å². The fourth-order valence-corrected chi connectivity index (χ4v) is 2.69. The summed E-state index contributed by atoms with van der Waals surface area (Å²) in [6, 6.07) is 5.92. The lowest BCUT2D eigenvalue weighted by Crippen LogP contribution is -2.36. The first-order chi connectivity index (χ1) is 8.16. The van der Waals surface area contributed by atoms with Gasteiger partial charge in [0.25, 0.3) is 0 Å². The molecule has 0 aromatic heterocycles. The maximum absolute atomic E-state index is 12.3. The van der Waals surface area contributed by atoms with E-state index in [1.165, 1.54) is 5.56 Å². The van der Waals surface area contributed by atoms with E-state index in [0.717, 1.165) is 37.2 Å². The molecule has 1 aromatic rings. The van der Waals surface area contributed by atoms with Gasteiger partial charge in [-0.15, -0.1) is 0 Å². The molecule has 17 heavy (non-hydrogen) atoms. The second-order valence-electron chi connectivity index (χ2n) is 5.30. The number of fused-ring (bicyclic) bond motifs is 1. The Hall–Kier alpha value is -1.51. The molecule has 90 valence electrons. The molecule has 3 heteroatoms. The SMILES string of the molecule is CC1CC1C(=O)N1CCCc2ccc(N)cc21. The third-order valence-electron chi connectivity index (χ3n) is 3.92. The number of amides is 1. The summed E-state index contributed by atoms with van der Waals surface area (Å²) in [4.78, 5) is 14.3. The molecular weight excluding hydrogens is 212 g/mol. The molecule has 3 rings (SSSR count). The maximum Gasteiger partial charge on any atom is 0.230 e. The van der Waals surface area contributed by atoms with Crippen LogP contribution in [0.4, 0.5) is 11.4 Å². The van der Waals surface area contributed by atoms with E-state index in [2.05, 4.69) is 13.0 Å². The van der Waals surface area contributed by atoms with Crippen LogP contribution in [0, 0.1) is 11.8 Å². The summed E-state index contributed by atoms with van der Waals surface area (Å²) in [6.45, 7) is 2.99. The van der Waals surface area contributed by atoms with Crippen molar-refractivity contribution in [2.24, 2.45) is 11.8 Å². The zero-order valence-electron chi connectivity index (χ0n) is 10.1. The third kappa shape index (κ3) is 1.79. The first kappa shape index (κ1) is 10.6. The van der Waals surface area contributed by atoms with Crippen molar-refractivity contribution in [1.29, 1.82) is 0 Å². The van der Waals surface area contributed by atoms with Crippen LogP contribution < -0.4 is 10.6 Å². The van der Waals surface area contributed by atoms with Crippen LogP contribution in [0.15, 0.2) is 18.2 Å². The van der Waals surface area contributed by atoms with Gasteiger partial charge >= 0.3 is 0 Å². The van der Waals surface area contributed by atoms with Gasteiger partial charge in [0.05, 0.1) is 0 Å². The summed E-state index contributed by atoms with van der Waals surface area (Å²) < 4.78 is 0. The molecule has 0 bridgehead atoms. The molecule has 0 radical (unpaired) electrons. The van der Waals surface area contributed by atoms with Gasteiger partial charge in [0.1, 0.15) is 0 Å². The minimum atomic E-state index is 0.252. The average molecular weight is 230 g/mol. The first-order valence-electron chi connectivity index (χ1n) is 6.36. The molecule has 2 unspecified atom stereocenters. The van der Waals surface area contributed by atoms with Gasteiger partial charge < -0.3 is 10.6 Å². The lowest BCUT2D eigenvalue weighted by atomic mass is 10.0. The quantitative estimate of drug-likeness (QED) is 0.752. The summed E-state index contributed by atoms with van der Waals surface area (Å²) in [5.41, 5.74) is 8.87. The number of nitrogen functional groups attached to an aromatic ring is 1. The van der Waals surface area contributed by atoms with Gasteiger partial charge in [0.15, 0.2) is 0 Å². The fraction of sp³-hybridized carbons (Fsp3) is 0.500. The lowest BCUT2D eigenvalue weighted by molar-refractivity contribution is -0.120. The number of hydrogen-bond acceptors (Lipinski definition) is 2. The van der Waals surface area contributed by atoms with Crippen LogP contribution >= 0.6 is 0 Å². The zero-order chi connectivity index (χ0) is 12.0. The van der Waals surface area contributed by atoms with Crippen LogP contribution in [0.2, 0.25) is 0 Å². The molecule has 1 amide bonds. The van der Waals surface area contributed by atoms with E-state index in [-0.39, 0.29) is 5.92 Å². The molecule has 1 aromatic carbocycles. The Kier molecular flexibility index (Phi) is 2.35. The van der Waals surface area contributed by atoms with Crippen LogP contribution in [-0.4, -0.2) is 12.5 Å².